The molecule has 0 aliphatic heterocycles. The quantitative estimate of drug-likeness (QED) is 0.759. The largest absolute Gasteiger partial charge is 0.300 e. The van der Waals surface area contributed by atoms with Crippen LogP contribution in [0.4, 0.5) is 0 Å². The normalized spacial score (nSPS) is 10.5. The van der Waals surface area contributed by atoms with Crippen molar-refractivity contribution in [2.75, 3.05) is 0 Å². The highest BCUT2D eigenvalue weighted by Gasteiger charge is 2.04. The fourth-order valence-corrected chi connectivity index (χ4v) is 2.59. The molecule has 0 amide bonds. The summed E-state index contributed by atoms with van der Waals surface area (Å²) < 4.78 is 0. The molecule has 1 aromatic heterocycles. The number of hydrogen-bond donors (Lipinski definition) is 0. The van der Waals surface area contributed by atoms with Gasteiger partial charge >= 0.3 is 0 Å². The summed E-state index contributed by atoms with van der Waals surface area (Å²) in [7, 11) is 0. The maximum absolute atomic E-state index is 11.8. The van der Waals surface area contributed by atoms with E-state index in [1.807, 2.05) is 0 Å². The van der Waals surface area contributed by atoms with Crippen molar-refractivity contribution in [2.24, 2.45) is 0 Å². The van der Waals surface area contributed by atoms with E-state index in [0.717, 1.165) is 12.8 Å². The Kier molecular flexibility index (Phi) is 4.71. The molecule has 0 aliphatic carbocycles. The molecule has 0 bridgehead atoms. The lowest BCUT2D eigenvalue weighted by atomic mass is 10.0. The lowest BCUT2D eigenvalue weighted by Crippen LogP contribution is -2.01. The Balaban J connectivity index is 1.73. The molecule has 2 heteroatoms. The second-order valence-corrected chi connectivity index (χ2v) is 5.44. The molecule has 1 nitrogen and oxygen atoms in total. The molecule has 0 radical (unpaired) electrons. The zero-order chi connectivity index (χ0) is 12.8. The molecular weight excluding hydrogens is 240 g/mol. The summed E-state index contributed by atoms with van der Waals surface area (Å²) in [5.74, 6) is 0.363. The first kappa shape index (κ1) is 13.0. The summed E-state index contributed by atoms with van der Waals surface area (Å²) in [4.78, 5) is 11.8. The number of ketones is 1. The molecule has 0 aliphatic rings. The minimum Gasteiger partial charge on any atom is -0.300 e. The third-order valence-electron chi connectivity index (χ3n) is 3.09. The van der Waals surface area contributed by atoms with Gasteiger partial charge in [-0.1, -0.05) is 29.8 Å². The van der Waals surface area contributed by atoms with Gasteiger partial charge in [-0.3, -0.25) is 4.79 Å². The minimum atomic E-state index is 0.363. The van der Waals surface area contributed by atoms with Crippen molar-refractivity contribution < 1.29 is 4.79 Å². The van der Waals surface area contributed by atoms with Gasteiger partial charge in [-0.05, 0) is 47.7 Å². The molecule has 2 rings (SSSR count). The van der Waals surface area contributed by atoms with Crippen LogP contribution in [0.3, 0.4) is 0 Å². The van der Waals surface area contributed by atoms with Gasteiger partial charge in [-0.15, -0.1) is 0 Å². The maximum atomic E-state index is 11.8. The summed E-state index contributed by atoms with van der Waals surface area (Å²) >= 11 is 1.69. The first-order valence-corrected chi connectivity index (χ1v) is 7.26. The maximum Gasteiger partial charge on any atom is 0.133 e. The predicted molar refractivity (Wildman–Crippen MR) is 77.1 cm³/mol. The number of rotatable bonds is 6. The third kappa shape index (κ3) is 4.11. The minimum absolute atomic E-state index is 0.363. The molecule has 18 heavy (non-hydrogen) atoms. The lowest BCUT2D eigenvalue weighted by Gasteiger charge is -2.02. The Labute approximate surface area is 112 Å². The van der Waals surface area contributed by atoms with E-state index in [1.54, 1.807) is 11.3 Å². The van der Waals surface area contributed by atoms with Gasteiger partial charge in [0.1, 0.15) is 5.78 Å². The van der Waals surface area contributed by atoms with Gasteiger partial charge in [0, 0.05) is 12.8 Å². The first-order valence-electron chi connectivity index (χ1n) is 6.32. The fraction of sp³-hybridized carbons (Fsp3) is 0.312. The highest BCUT2D eigenvalue weighted by molar-refractivity contribution is 7.07. The molecular formula is C16H18OS. The first-order chi connectivity index (χ1) is 8.74. The Morgan fingerprint density at radius 3 is 2.28 bits per heavy atom. The molecule has 0 fully saturated rings. The fourth-order valence-electron chi connectivity index (χ4n) is 1.88. The predicted octanol–water partition coefficient (Wildman–Crippen LogP) is 4.19. The number of carbonyl (C=O) groups is 1. The molecule has 0 spiro atoms. The highest BCUT2D eigenvalue weighted by atomic mass is 32.1. The van der Waals surface area contributed by atoms with Crippen molar-refractivity contribution in [3.8, 4) is 0 Å². The number of thiophene rings is 1. The van der Waals surface area contributed by atoms with E-state index in [-0.39, 0.29) is 0 Å². The summed E-state index contributed by atoms with van der Waals surface area (Å²) in [6.45, 7) is 2.08. The van der Waals surface area contributed by atoms with Crippen LogP contribution in [0.2, 0.25) is 0 Å². The summed E-state index contributed by atoms with van der Waals surface area (Å²) in [6.07, 6.45) is 3.08. The van der Waals surface area contributed by atoms with Crippen molar-refractivity contribution >= 4 is 17.1 Å². The van der Waals surface area contributed by atoms with Crippen LogP contribution in [-0.4, -0.2) is 5.78 Å². The number of aryl methyl sites for hydroxylation is 3. The van der Waals surface area contributed by atoms with Crippen LogP contribution in [0.1, 0.15) is 29.5 Å². The van der Waals surface area contributed by atoms with Gasteiger partial charge < -0.3 is 0 Å². The van der Waals surface area contributed by atoms with E-state index < -0.39 is 0 Å². The average Bonchev–Trinajstić information content (AvgIpc) is 2.89. The standard InChI is InChI=1S/C16H18OS/c1-13-2-4-14(5-3-13)6-8-16(17)9-7-15-10-11-18-12-15/h2-5,10-12H,6-9H2,1H3. The molecule has 0 N–H and O–H groups in total. The van der Waals surface area contributed by atoms with Crippen LogP contribution in [0.25, 0.3) is 0 Å². The third-order valence-corrected chi connectivity index (χ3v) is 3.82. The zero-order valence-electron chi connectivity index (χ0n) is 10.7. The van der Waals surface area contributed by atoms with Crippen LogP contribution in [-0.2, 0) is 17.6 Å². The molecule has 0 saturated carbocycles. The van der Waals surface area contributed by atoms with Gasteiger partial charge in [-0.25, -0.2) is 0 Å². The van der Waals surface area contributed by atoms with Crippen LogP contribution in [0.15, 0.2) is 41.1 Å². The highest BCUT2D eigenvalue weighted by Crippen LogP contribution is 2.11. The number of benzene rings is 1. The number of carbonyl (C=O) groups excluding carboxylic acids is 1. The molecule has 1 heterocycles. The number of Topliss-reactive ketones (excluding diaryl/α,β-unsaturated/α-hetero) is 1. The van der Waals surface area contributed by atoms with Crippen LogP contribution in [0.5, 0.6) is 0 Å². The van der Waals surface area contributed by atoms with E-state index in [9.17, 15) is 4.79 Å². The van der Waals surface area contributed by atoms with E-state index in [2.05, 4.69) is 48.0 Å². The van der Waals surface area contributed by atoms with Gasteiger partial charge in [0.25, 0.3) is 0 Å². The monoisotopic (exact) mass is 258 g/mol. The van der Waals surface area contributed by atoms with Crippen molar-refractivity contribution in [3.05, 3.63) is 57.8 Å². The number of hydrogen-bond acceptors (Lipinski definition) is 2. The van der Waals surface area contributed by atoms with Gasteiger partial charge in [0.15, 0.2) is 0 Å². The Morgan fingerprint density at radius 1 is 1.00 bits per heavy atom. The Bertz CT molecular complexity index is 482. The molecule has 0 atom stereocenters. The molecule has 2 aromatic rings. The smallest absolute Gasteiger partial charge is 0.133 e. The van der Waals surface area contributed by atoms with E-state index in [4.69, 9.17) is 0 Å². The van der Waals surface area contributed by atoms with E-state index in [0.29, 0.717) is 18.6 Å². The lowest BCUT2D eigenvalue weighted by molar-refractivity contribution is -0.119. The van der Waals surface area contributed by atoms with Gasteiger partial charge in [0.2, 0.25) is 0 Å². The van der Waals surface area contributed by atoms with E-state index >= 15 is 0 Å². The van der Waals surface area contributed by atoms with Crippen molar-refractivity contribution in [1.82, 2.24) is 0 Å². The van der Waals surface area contributed by atoms with E-state index in [1.165, 1.54) is 16.7 Å². The SMILES string of the molecule is Cc1ccc(CCC(=O)CCc2ccsc2)cc1. The second-order valence-electron chi connectivity index (χ2n) is 4.66. The van der Waals surface area contributed by atoms with Crippen molar-refractivity contribution in [2.45, 2.75) is 32.6 Å². The van der Waals surface area contributed by atoms with Crippen molar-refractivity contribution in [1.29, 1.82) is 0 Å². The zero-order valence-corrected chi connectivity index (χ0v) is 11.5. The Morgan fingerprint density at radius 2 is 1.67 bits per heavy atom. The molecule has 0 saturated heterocycles. The van der Waals surface area contributed by atoms with Crippen LogP contribution >= 0.6 is 11.3 Å². The topological polar surface area (TPSA) is 17.1 Å². The van der Waals surface area contributed by atoms with Gasteiger partial charge in [-0.2, -0.15) is 11.3 Å². The summed E-state index contributed by atoms with van der Waals surface area (Å²) in [5, 5.41) is 4.18. The van der Waals surface area contributed by atoms with Crippen LogP contribution < -0.4 is 0 Å². The van der Waals surface area contributed by atoms with Crippen molar-refractivity contribution in [3.63, 3.8) is 0 Å². The summed E-state index contributed by atoms with van der Waals surface area (Å²) in [6, 6.07) is 10.5. The summed E-state index contributed by atoms with van der Waals surface area (Å²) in [5.41, 5.74) is 3.80. The average molecular weight is 258 g/mol. The van der Waals surface area contributed by atoms with Gasteiger partial charge in [0.05, 0.1) is 0 Å². The second kappa shape index (κ2) is 6.50. The van der Waals surface area contributed by atoms with Crippen LogP contribution in [0, 0.1) is 6.92 Å². The molecule has 0 unspecified atom stereocenters. The molecule has 94 valence electrons. The molecule has 1 aromatic carbocycles. The Hall–Kier alpha value is -1.41.